The van der Waals surface area contributed by atoms with Crippen LogP contribution >= 0.6 is 15.9 Å². The Balaban J connectivity index is 2.10. The lowest BCUT2D eigenvalue weighted by molar-refractivity contribution is 0.112. The number of carbonyl (C=O) groups is 1. The number of aldehydes is 1. The molecule has 19 heavy (non-hydrogen) atoms. The lowest BCUT2D eigenvalue weighted by Gasteiger charge is -2.12. The van der Waals surface area contributed by atoms with Crippen LogP contribution in [0.4, 0.5) is 0 Å². The lowest BCUT2D eigenvalue weighted by Crippen LogP contribution is -2.07. The first-order valence-corrected chi connectivity index (χ1v) is 6.79. The zero-order valence-corrected chi connectivity index (χ0v) is 12.4. The van der Waals surface area contributed by atoms with E-state index in [-0.39, 0.29) is 0 Å². The summed E-state index contributed by atoms with van der Waals surface area (Å²) in [4.78, 5) is 15.0. The minimum atomic E-state index is 0.344. The number of ether oxygens (including phenoxy) is 1. The average molecular weight is 323 g/mol. The first kappa shape index (κ1) is 13.8. The van der Waals surface area contributed by atoms with Crippen LogP contribution in [0.3, 0.4) is 0 Å². The summed E-state index contributed by atoms with van der Waals surface area (Å²) in [7, 11) is 0. The maximum atomic E-state index is 10.9. The molecular formula is C14H15BrN2O2. The molecule has 4 nitrogen and oxygen atoms in total. The highest BCUT2D eigenvalue weighted by Crippen LogP contribution is 2.22. The van der Waals surface area contributed by atoms with Crippen molar-refractivity contribution in [1.82, 2.24) is 9.55 Å². The van der Waals surface area contributed by atoms with E-state index < -0.39 is 0 Å². The molecule has 0 unspecified atom stereocenters. The van der Waals surface area contributed by atoms with Crippen molar-refractivity contribution in [3.63, 3.8) is 0 Å². The average Bonchev–Trinajstić information content (AvgIpc) is 2.86. The van der Waals surface area contributed by atoms with E-state index in [1.807, 2.05) is 6.07 Å². The predicted molar refractivity (Wildman–Crippen MR) is 76.5 cm³/mol. The van der Waals surface area contributed by atoms with Crippen molar-refractivity contribution in [1.29, 1.82) is 0 Å². The normalized spacial score (nSPS) is 10.7. The van der Waals surface area contributed by atoms with Crippen LogP contribution in [0.5, 0.6) is 5.75 Å². The molecular weight excluding hydrogens is 308 g/mol. The lowest BCUT2D eigenvalue weighted by atomic mass is 10.2. The SMILES string of the molecule is CC(C)n1cncc1COc1ccc(Br)c(C=O)c1. The monoisotopic (exact) mass is 322 g/mol. The van der Waals surface area contributed by atoms with Crippen LogP contribution in [-0.4, -0.2) is 15.8 Å². The van der Waals surface area contributed by atoms with Gasteiger partial charge < -0.3 is 9.30 Å². The van der Waals surface area contributed by atoms with E-state index in [0.29, 0.717) is 24.0 Å². The van der Waals surface area contributed by atoms with Crippen LogP contribution in [0, 0.1) is 0 Å². The Morgan fingerprint density at radius 3 is 2.95 bits per heavy atom. The molecule has 1 heterocycles. The van der Waals surface area contributed by atoms with Gasteiger partial charge in [-0.25, -0.2) is 4.98 Å². The van der Waals surface area contributed by atoms with Gasteiger partial charge in [0.1, 0.15) is 12.4 Å². The van der Waals surface area contributed by atoms with Gasteiger partial charge in [0.2, 0.25) is 0 Å². The van der Waals surface area contributed by atoms with Crippen molar-refractivity contribution >= 4 is 22.2 Å². The number of hydrogen-bond acceptors (Lipinski definition) is 3. The first-order valence-electron chi connectivity index (χ1n) is 6.00. The summed E-state index contributed by atoms with van der Waals surface area (Å²) in [5.74, 6) is 0.668. The minimum Gasteiger partial charge on any atom is -0.487 e. The smallest absolute Gasteiger partial charge is 0.151 e. The molecule has 0 aliphatic rings. The molecule has 5 heteroatoms. The second-order valence-electron chi connectivity index (χ2n) is 4.48. The van der Waals surface area contributed by atoms with Crippen molar-refractivity contribution < 1.29 is 9.53 Å². The quantitative estimate of drug-likeness (QED) is 0.790. The third-order valence-corrected chi connectivity index (χ3v) is 3.51. The van der Waals surface area contributed by atoms with Crippen LogP contribution in [-0.2, 0) is 6.61 Å². The Labute approximate surface area is 120 Å². The Morgan fingerprint density at radius 2 is 2.26 bits per heavy atom. The van der Waals surface area contributed by atoms with Gasteiger partial charge in [-0.3, -0.25) is 4.79 Å². The maximum absolute atomic E-state index is 10.9. The molecule has 1 aromatic heterocycles. The standard InChI is InChI=1S/C14H15BrN2O2/c1-10(2)17-9-16-6-12(17)8-19-13-3-4-14(15)11(5-13)7-18/h3-7,9-10H,8H2,1-2H3. The fourth-order valence-electron chi connectivity index (χ4n) is 1.77. The van der Waals surface area contributed by atoms with Gasteiger partial charge in [-0.05, 0) is 32.0 Å². The highest BCUT2D eigenvalue weighted by atomic mass is 79.9. The van der Waals surface area contributed by atoms with Gasteiger partial charge in [0.15, 0.2) is 6.29 Å². The van der Waals surface area contributed by atoms with Gasteiger partial charge in [-0.2, -0.15) is 0 Å². The van der Waals surface area contributed by atoms with E-state index in [0.717, 1.165) is 16.5 Å². The number of hydrogen-bond donors (Lipinski definition) is 0. The van der Waals surface area contributed by atoms with E-state index in [2.05, 4.69) is 39.3 Å². The number of benzene rings is 1. The highest BCUT2D eigenvalue weighted by molar-refractivity contribution is 9.10. The summed E-state index contributed by atoms with van der Waals surface area (Å²) in [5.41, 5.74) is 1.58. The van der Waals surface area contributed by atoms with Crippen molar-refractivity contribution in [2.75, 3.05) is 0 Å². The number of rotatable bonds is 5. The first-order chi connectivity index (χ1) is 9.11. The van der Waals surface area contributed by atoms with E-state index >= 15 is 0 Å². The van der Waals surface area contributed by atoms with E-state index in [1.165, 1.54) is 0 Å². The summed E-state index contributed by atoms with van der Waals surface area (Å²) in [6, 6.07) is 5.69. The number of halogens is 1. The Bertz CT molecular complexity index is 579. The molecule has 0 amide bonds. The van der Waals surface area contributed by atoms with Crippen molar-refractivity contribution in [2.45, 2.75) is 26.5 Å². The molecule has 0 fully saturated rings. The summed E-state index contributed by atoms with van der Waals surface area (Å²) in [6.07, 6.45) is 4.39. The van der Waals surface area contributed by atoms with Gasteiger partial charge in [0.25, 0.3) is 0 Å². The second-order valence-corrected chi connectivity index (χ2v) is 5.33. The fraction of sp³-hybridized carbons (Fsp3) is 0.286. The zero-order valence-electron chi connectivity index (χ0n) is 10.8. The molecule has 0 atom stereocenters. The molecule has 0 radical (unpaired) electrons. The van der Waals surface area contributed by atoms with Gasteiger partial charge in [-0.15, -0.1) is 0 Å². The van der Waals surface area contributed by atoms with Crippen LogP contribution in [0.2, 0.25) is 0 Å². The molecule has 0 saturated heterocycles. The van der Waals surface area contributed by atoms with Crippen LogP contribution in [0.15, 0.2) is 35.2 Å². The second kappa shape index (κ2) is 6.02. The number of nitrogens with zero attached hydrogens (tertiary/aromatic N) is 2. The molecule has 100 valence electrons. The Hall–Kier alpha value is -1.62. The van der Waals surface area contributed by atoms with Crippen LogP contribution in [0.1, 0.15) is 35.9 Å². The fourth-order valence-corrected chi connectivity index (χ4v) is 2.11. The minimum absolute atomic E-state index is 0.344. The van der Waals surface area contributed by atoms with E-state index in [1.54, 1.807) is 24.7 Å². The Kier molecular flexibility index (Phi) is 4.37. The van der Waals surface area contributed by atoms with Crippen LogP contribution < -0.4 is 4.74 Å². The largest absolute Gasteiger partial charge is 0.487 e. The number of imidazole rings is 1. The third kappa shape index (κ3) is 3.23. The molecule has 0 N–H and O–H groups in total. The third-order valence-electron chi connectivity index (χ3n) is 2.78. The summed E-state index contributed by atoms with van der Waals surface area (Å²) in [6.45, 7) is 4.61. The zero-order chi connectivity index (χ0) is 13.8. The highest BCUT2D eigenvalue weighted by Gasteiger charge is 2.07. The van der Waals surface area contributed by atoms with Crippen molar-refractivity contribution in [3.8, 4) is 5.75 Å². The summed E-state index contributed by atoms with van der Waals surface area (Å²) in [5, 5.41) is 0. The topological polar surface area (TPSA) is 44.1 Å². The Morgan fingerprint density at radius 1 is 1.47 bits per heavy atom. The molecule has 0 bridgehead atoms. The summed E-state index contributed by atoms with van der Waals surface area (Å²) < 4.78 is 8.52. The molecule has 1 aromatic carbocycles. The van der Waals surface area contributed by atoms with Gasteiger partial charge in [0.05, 0.1) is 18.2 Å². The molecule has 0 aliphatic carbocycles. The van der Waals surface area contributed by atoms with Gasteiger partial charge in [-0.1, -0.05) is 15.9 Å². The molecule has 0 saturated carbocycles. The van der Waals surface area contributed by atoms with Crippen LogP contribution in [0.25, 0.3) is 0 Å². The molecule has 0 spiro atoms. The summed E-state index contributed by atoms with van der Waals surface area (Å²) >= 11 is 3.31. The van der Waals surface area contributed by atoms with Crippen molar-refractivity contribution in [2.24, 2.45) is 0 Å². The number of aromatic nitrogens is 2. The van der Waals surface area contributed by atoms with Gasteiger partial charge >= 0.3 is 0 Å². The molecule has 0 aliphatic heterocycles. The molecule has 2 rings (SSSR count). The van der Waals surface area contributed by atoms with E-state index in [4.69, 9.17) is 4.74 Å². The van der Waals surface area contributed by atoms with Gasteiger partial charge in [0, 0.05) is 16.1 Å². The maximum Gasteiger partial charge on any atom is 0.151 e. The predicted octanol–water partition coefficient (Wildman–Crippen LogP) is 3.62. The van der Waals surface area contributed by atoms with Crippen molar-refractivity contribution in [3.05, 3.63) is 46.5 Å². The van der Waals surface area contributed by atoms with E-state index in [9.17, 15) is 4.79 Å². The molecule has 2 aromatic rings. The number of carbonyl (C=O) groups excluding carboxylic acids is 1.